The Hall–Kier alpha value is -1.94. The van der Waals surface area contributed by atoms with Crippen LogP contribution in [0, 0.1) is 17.8 Å². The standard InChI is InChI=1S/C68H132O17P2/c1-8-11-12-13-14-15-16-17-18-19-20-28-37-44-51-67(72)84-63(55-78-65(70)49-42-35-27-24-22-26-33-40-47-60(6)9-2)57-82-86(74,75)80-53-62(69)54-81-87(76,77)83-58-64(56-79-66(71)50-43-36-31-30-34-41-48-61(7)10-3)85-68(73)52-45-38-29-23-21-25-32-39-46-59(4)5/h59-64,69H,8-58H2,1-7H3,(H,74,75)(H,76,77)/t60?,61?,62-,63-,64-/m1/s1. The van der Waals surface area contributed by atoms with Crippen molar-refractivity contribution in [3.8, 4) is 0 Å². The highest BCUT2D eigenvalue weighted by Gasteiger charge is 2.30. The number of carbonyl (C=O) groups excluding carboxylic acids is 4. The van der Waals surface area contributed by atoms with E-state index in [1.165, 1.54) is 141 Å². The molecular weight excluding hydrogens is 1150 g/mol. The summed E-state index contributed by atoms with van der Waals surface area (Å²) in [6.45, 7) is 11.8. The number of rotatable bonds is 66. The molecule has 0 aliphatic carbocycles. The van der Waals surface area contributed by atoms with Crippen molar-refractivity contribution < 1.29 is 80.2 Å². The molecule has 0 radical (unpaired) electrons. The number of hydrogen-bond donors (Lipinski definition) is 3. The first-order valence-corrected chi connectivity index (χ1v) is 38.4. The Morgan fingerprint density at radius 1 is 0.333 bits per heavy atom. The number of phosphoric acid groups is 2. The predicted octanol–water partition coefficient (Wildman–Crippen LogP) is 19.1. The molecule has 0 aromatic rings. The molecule has 0 saturated heterocycles. The molecule has 0 rings (SSSR count). The molecule has 0 bridgehead atoms. The van der Waals surface area contributed by atoms with Gasteiger partial charge in [0, 0.05) is 25.7 Å². The molecule has 7 atom stereocenters. The molecule has 0 aliphatic heterocycles. The summed E-state index contributed by atoms with van der Waals surface area (Å²) in [6.07, 6.45) is 41.6. The molecule has 0 aliphatic rings. The van der Waals surface area contributed by atoms with Gasteiger partial charge in [0.1, 0.15) is 19.3 Å². The minimum absolute atomic E-state index is 0.103. The second-order valence-electron chi connectivity index (χ2n) is 25.5. The molecule has 0 spiro atoms. The number of carbonyl (C=O) groups is 4. The normalized spacial score (nSPS) is 14.9. The number of hydrogen-bond acceptors (Lipinski definition) is 15. The zero-order valence-corrected chi connectivity index (χ0v) is 58.3. The lowest BCUT2D eigenvalue weighted by Crippen LogP contribution is -2.30. The van der Waals surface area contributed by atoms with Crippen LogP contribution in [0.1, 0.15) is 337 Å². The second-order valence-corrected chi connectivity index (χ2v) is 28.4. The van der Waals surface area contributed by atoms with Crippen LogP contribution in [-0.2, 0) is 65.4 Å². The molecular formula is C68H132O17P2. The van der Waals surface area contributed by atoms with Gasteiger partial charge in [-0.15, -0.1) is 0 Å². The van der Waals surface area contributed by atoms with Crippen molar-refractivity contribution in [2.24, 2.45) is 17.8 Å². The highest BCUT2D eigenvalue weighted by atomic mass is 31.2. The Bertz CT molecular complexity index is 1720. The summed E-state index contributed by atoms with van der Waals surface area (Å²) in [7, 11) is -9.90. The van der Waals surface area contributed by atoms with Crippen LogP contribution in [0.4, 0.5) is 0 Å². The number of aliphatic hydroxyl groups excluding tert-OH is 1. The lowest BCUT2D eigenvalue weighted by molar-refractivity contribution is -0.161. The number of aliphatic hydroxyl groups is 1. The molecule has 4 unspecified atom stereocenters. The fraction of sp³-hybridized carbons (Fsp3) is 0.941. The molecule has 17 nitrogen and oxygen atoms in total. The van der Waals surface area contributed by atoms with Crippen LogP contribution >= 0.6 is 15.6 Å². The van der Waals surface area contributed by atoms with E-state index in [1.807, 2.05) is 0 Å². The largest absolute Gasteiger partial charge is 0.472 e. The van der Waals surface area contributed by atoms with Crippen molar-refractivity contribution in [3.05, 3.63) is 0 Å². The molecule has 0 aromatic carbocycles. The van der Waals surface area contributed by atoms with Crippen molar-refractivity contribution in [3.63, 3.8) is 0 Å². The SMILES string of the molecule is CCCCCCCCCCCCCCCCC(=O)O[C@H](COC(=O)CCCCCCCCCCC(C)CC)COP(=O)(O)OC[C@@H](O)COP(=O)(O)OC[C@@H](COC(=O)CCCCCCCCC(C)CC)OC(=O)CCCCCCCCCCC(C)C. The molecule has 0 heterocycles. The third-order valence-corrected chi connectivity index (χ3v) is 18.3. The number of unbranched alkanes of at least 4 members (excludes halogenated alkanes) is 32. The average molecular weight is 1280 g/mol. The Labute approximate surface area is 530 Å². The molecule has 3 N–H and O–H groups in total. The van der Waals surface area contributed by atoms with E-state index < -0.39 is 97.5 Å². The summed E-state index contributed by atoms with van der Waals surface area (Å²) in [4.78, 5) is 72.4. The molecule has 0 fully saturated rings. The zero-order chi connectivity index (χ0) is 64.5. The van der Waals surface area contributed by atoms with Crippen LogP contribution in [-0.4, -0.2) is 96.7 Å². The maximum absolute atomic E-state index is 13.0. The van der Waals surface area contributed by atoms with Gasteiger partial charge in [-0.2, -0.15) is 0 Å². The molecule has 516 valence electrons. The van der Waals surface area contributed by atoms with E-state index >= 15 is 0 Å². The second kappa shape index (κ2) is 59.1. The lowest BCUT2D eigenvalue weighted by atomic mass is 9.99. The monoisotopic (exact) mass is 1280 g/mol. The van der Waals surface area contributed by atoms with Crippen LogP contribution in [0.15, 0.2) is 0 Å². The highest BCUT2D eigenvalue weighted by molar-refractivity contribution is 7.47. The van der Waals surface area contributed by atoms with E-state index in [-0.39, 0.29) is 25.7 Å². The van der Waals surface area contributed by atoms with E-state index in [4.69, 9.17) is 37.0 Å². The minimum atomic E-state index is -4.95. The molecule has 87 heavy (non-hydrogen) atoms. The van der Waals surface area contributed by atoms with Gasteiger partial charge >= 0.3 is 39.5 Å². The van der Waals surface area contributed by atoms with Crippen LogP contribution in [0.5, 0.6) is 0 Å². The topological polar surface area (TPSA) is 237 Å². The van der Waals surface area contributed by atoms with Gasteiger partial charge in [0.25, 0.3) is 0 Å². The van der Waals surface area contributed by atoms with Crippen LogP contribution in [0.25, 0.3) is 0 Å². The first-order chi connectivity index (χ1) is 41.8. The molecule has 0 aromatic heterocycles. The van der Waals surface area contributed by atoms with Gasteiger partial charge < -0.3 is 33.8 Å². The zero-order valence-electron chi connectivity index (χ0n) is 56.5. The summed E-state index contributed by atoms with van der Waals surface area (Å²) >= 11 is 0. The summed E-state index contributed by atoms with van der Waals surface area (Å²) in [5.41, 5.74) is 0. The van der Waals surface area contributed by atoms with Gasteiger partial charge in [0.2, 0.25) is 0 Å². The van der Waals surface area contributed by atoms with Crippen LogP contribution in [0.2, 0.25) is 0 Å². The highest BCUT2D eigenvalue weighted by Crippen LogP contribution is 2.45. The van der Waals surface area contributed by atoms with Crippen molar-refractivity contribution >= 4 is 39.5 Å². The minimum Gasteiger partial charge on any atom is -0.462 e. The fourth-order valence-electron chi connectivity index (χ4n) is 10.1. The summed E-state index contributed by atoms with van der Waals surface area (Å²) in [5.74, 6) is 0.0958. The van der Waals surface area contributed by atoms with Crippen molar-refractivity contribution in [1.29, 1.82) is 0 Å². The van der Waals surface area contributed by atoms with E-state index in [2.05, 4.69) is 48.5 Å². The van der Waals surface area contributed by atoms with E-state index in [9.17, 15) is 43.2 Å². The van der Waals surface area contributed by atoms with Gasteiger partial charge in [0.15, 0.2) is 12.2 Å². The summed E-state index contributed by atoms with van der Waals surface area (Å²) < 4.78 is 68.2. The maximum Gasteiger partial charge on any atom is 0.472 e. The molecule has 0 amide bonds. The number of phosphoric ester groups is 2. The van der Waals surface area contributed by atoms with E-state index in [0.717, 1.165) is 114 Å². The van der Waals surface area contributed by atoms with Gasteiger partial charge in [-0.05, 0) is 43.4 Å². The van der Waals surface area contributed by atoms with E-state index in [1.54, 1.807) is 0 Å². The first-order valence-electron chi connectivity index (χ1n) is 35.4. The fourth-order valence-corrected chi connectivity index (χ4v) is 11.7. The van der Waals surface area contributed by atoms with Gasteiger partial charge in [0.05, 0.1) is 26.4 Å². The van der Waals surface area contributed by atoms with E-state index in [0.29, 0.717) is 25.7 Å². The summed E-state index contributed by atoms with van der Waals surface area (Å²) in [5, 5.41) is 10.6. The Balaban J connectivity index is 5.27. The Kier molecular flexibility index (Phi) is 57.8. The van der Waals surface area contributed by atoms with Gasteiger partial charge in [-0.1, -0.05) is 286 Å². The van der Waals surface area contributed by atoms with Gasteiger partial charge in [-0.3, -0.25) is 37.3 Å². The average Bonchev–Trinajstić information content (AvgIpc) is 3.71. The van der Waals surface area contributed by atoms with Crippen LogP contribution < -0.4 is 0 Å². The Morgan fingerprint density at radius 2 is 0.586 bits per heavy atom. The van der Waals surface area contributed by atoms with Crippen molar-refractivity contribution in [1.82, 2.24) is 0 Å². The predicted molar refractivity (Wildman–Crippen MR) is 349 cm³/mol. The number of esters is 4. The lowest BCUT2D eigenvalue weighted by Gasteiger charge is -2.21. The summed E-state index contributed by atoms with van der Waals surface area (Å²) in [6, 6.07) is 0. The number of ether oxygens (including phenoxy) is 4. The quantitative estimate of drug-likeness (QED) is 0.0222. The molecule has 19 heteroatoms. The smallest absolute Gasteiger partial charge is 0.462 e. The third-order valence-electron chi connectivity index (χ3n) is 16.4. The van der Waals surface area contributed by atoms with Crippen LogP contribution in [0.3, 0.4) is 0 Å². The first kappa shape index (κ1) is 85.1. The maximum atomic E-state index is 13.0. The molecule has 0 saturated carbocycles. The van der Waals surface area contributed by atoms with Crippen molar-refractivity contribution in [2.75, 3.05) is 39.6 Å². The Morgan fingerprint density at radius 3 is 0.874 bits per heavy atom. The van der Waals surface area contributed by atoms with Gasteiger partial charge in [-0.25, -0.2) is 9.13 Å². The third kappa shape index (κ3) is 60.1. The van der Waals surface area contributed by atoms with Crippen molar-refractivity contribution in [2.45, 2.75) is 356 Å².